The van der Waals surface area contributed by atoms with E-state index in [1.807, 2.05) is 12.1 Å². The maximum absolute atomic E-state index is 10.4. The van der Waals surface area contributed by atoms with Gasteiger partial charge < -0.3 is 16.8 Å². The number of anilines is 3. The van der Waals surface area contributed by atoms with Gasteiger partial charge in [0.15, 0.2) is 22.3 Å². The molecule has 0 radical (unpaired) electrons. The van der Waals surface area contributed by atoms with E-state index in [1.165, 1.54) is 7.11 Å². The molecule has 0 aliphatic carbocycles. The van der Waals surface area contributed by atoms with Gasteiger partial charge in [0, 0.05) is 5.69 Å². The predicted octanol–water partition coefficient (Wildman–Crippen LogP) is 1.26. The summed E-state index contributed by atoms with van der Waals surface area (Å²) < 4.78 is 10.5. The second kappa shape index (κ2) is 7.93. The van der Waals surface area contributed by atoms with E-state index in [2.05, 4.69) is 25.3 Å². The SMILES string of the molecule is CCO[P+](O)(OC)c1ccc(NCc2cnc3nc(N)nc(N)c3n2)cc1. The fourth-order valence-corrected chi connectivity index (χ4v) is 3.78. The first-order valence-electron chi connectivity index (χ1n) is 8.16. The minimum atomic E-state index is -3.02. The zero-order chi connectivity index (χ0) is 19.4. The van der Waals surface area contributed by atoms with Gasteiger partial charge in [0.2, 0.25) is 5.95 Å². The summed E-state index contributed by atoms with van der Waals surface area (Å²) >= 11 is 0. The predicted molar refractivity (Wildman–Crippen MR) is 105 cm³/mol. The van der Waals surface area contributed by atoms with Gasteiger partial charge in [-0.05, 0) is 31.2 Å². The van der Waals surface area contributed by atoms with Gasteiger partial charge in [-0.15, -0.1) is 0 Å². The van der Waals surface area contributed by atoms with Gasteiger partial charge in [-0.1, -0.05) is 0 Å². The molecule has 3 rings (SSSR count). The number of fused-ring (bicyclic) bond motifs is 1. The summed E-state index contributed by atoms with van der Waals surface area (Å²) in [5, 5.41) is 3.83. The Kier molecular flexibility index (Phi) is 5.62. The molecule has 0 saturated carbocycles. The average molecular weight is 390 g/mol. The van der Waals surface area contributed by atoms with Crippen LogP contribution >= 0.6 is 7.94 Å². The highest BCUT2D eigenvalue weighted by atomic mass is 31.2. The Morgan fingerprint density at radius 1 is 1.15 bits per heavy atom. The van der Waals surface area contributed by atoms with E-state index < -0.39 is 7.94 Å². The van der Waals surface area contributed by atoms with Crippen molar-refractivity contribution in [2.24, 2.45) is 0 Å². The Labute approximate surface area is 156 Å². The van der Waals surface area contributed by atoms with Gasteiger partial charge in [0.25, 0.3) is 0 Å². The van der Waals surface area contributed by atoms with E-state index in [4.69, 9.17) is 20.5 Å². The van der Waals surface area contributed by atoms with Crippen LogP contribution in [0.2, 0.25) is 0 Å². The number of hydrogen-bond acceptors (Lipinski definition) is 10. The molecule has 27 heavy (non-hydrogen) atoms. The normalized spacial score (nSPS) is 13.4. The van der Waals surface area contributed by atoms with Crippen LogP contribution < -0.4 is 22.1 Å². The molecule has 0 amide bonds. The molecule has 1 aromatic carbocycles. The number of nitrogen functional groups attached to an aromatic ring is 2. The molecular formula is C16H21N7O3P+. The number of aromatic nitrogens is 4. The van der Waals surface area contributed by atoms with Gasteiger partial charge in [-0.25, -0.2) is 9.97 Å². The van der Waals surface area contributed by atoms with Crippen LogP contribution in [0.25, 0.3) is 11.2 Å². The largest absolute Gasteiger partial charge is 0.445 e. The Hall–Kier alpha value is -2.65. The molecule has 142 valence electrons. The van der Waals surface area contributed by atoms with Crippen molar-refractivity contribution in [3.05, 3.63) is 36.2 Å². The molecule has 1 unspecified atom stereocenters. The highest BCUT2D eigenvalue weighted by Gasteiger charge is 2.42. The van der Waals surface area contributed by atoms with Crippen molar-refractivity contribution in [1.29, 1.82) is 0 Å². The summed E-state index contributed by atoms with van der Waals surface area (Å²) in [6.07, 6.45) is 1.60. The molecule has 0 bridgehead atoms. The zero-order valence-electron chi connectivity index (χ0n) is 15.0. The number of nitrogens with one attached hydrogen (secondary N) is 1. The first-order chi connectivity index (χ1) is 12.9. The topological polar surface area (TPSA) is 154 Å². The van der Waals surface area contributed by atoms with Gasteiger partial charge in [-0.2, -0.15) is 23.9 Å². The van der Waals surface area contributed by atoms with E-state index in [0.29, 0.717) is 35.3 Å². The molecule has 10 nitrogen and oxygen atoms in total. The van der Waals surface area contributed by atoms with Crippen molar-refractivity contribution >= 4 is 41.9 Å². The van der Waals surface area contributed by atoms with Crippen LogP contribution in [0.15, 0.2) is 30.5 Å². The average Bonchev–Trinajstić information content (AvgIpc) is 2.67. The maximum Gasteiger partial charge on any atom is 0.445 e. The Morgan fingerprint density at radius 2 is 1.89 bits per heavy atom. The molecule has 2 heterocycles. The quantitative estimate of drug-likeness (QED) is 0.433. The molecule has 0 aliphatic heterocycles. The molecule has 11 heteroatoms. The molecule has 1 atom stereocenters. The minimum absolute atomic E-state index is 0.0613. The van der Waals surface area contributed by atoms with Crippen LogP contribution in [-0.2, 0) is 15.6 Å². The summed E-state index contributed by atoms with van der Waals surface area (Å²) in [6, 6.07) is 7.17. The van der Waals surface area contributed by atoms with Crippen molar-refractivity contribution in [3.8, 4) is 0 Å². The minimum Gasteiger partial charge on any atom is -0.382 e. The van der Waals surface area contributed by atoms with Crippen LogP contribution in [0.5, 0.6) is 0 Å². The molecule has 6 N–H and O–H groups in total. The van der Waals surface area contributed by atoms with E-state index in [-0.39, 0.29) is 11.8 Å². The molecular weight excluding hydrogens is 369 g/mol. The van der Waals surface area contributed by atoms with E-state index in [0.717, 1.165) is 5.69 Å². The fraction of sp³-hybridized carbons (Fsp3) is 0.250. The third-order valence-corrected chi connectivity index (χ3v) is 5.77. The van der Waals surface area contributed by atoms with Gasteiger partial charge in [0.05, 0.1) is 32.2 Å². The Morgan fingerprint density at radius 3 is 2.56 bits per heavy atom. The van der Waals surface area contributed by atoms with Crippen LogP contribution in [0.3, 0.4) is 0 Å². The number of nitrogens with two attached hydrogens (primary N) is 2. The zero-order valence-corrected chi connectivity index (χ0v) is 15.8. The molecule has 0 fully saturated rings. The van der Waals surface area contributed by atoms with Gasteiger partial charge >= 0.3 is 7.94 Å². The van der Waals surface area contributed by atoms with Gasteiger partial charge in [-0.3, -0.25) is 0 Å². The highest BCUT2D eigenvalue weighted by Crippen LogP contribution is 2.54. The van der Waals surface area contributed by atoms with E-state index in [9.17, 15) is 4.89 Å². The lowest BCUT2D eigenvalue weighted by atomic mass is 10.3. The van der Waals surface area contributed by atoms with Crippen LogP contribution in [0.4, 0.5) is 17.5 Å². The standard InChI is InChI=1S/C16H21N7O3P/c1-3-26-27(24,25-2)12-6-4-10(5-7-12)19-8-11-9-20-15-13(21-11)14(17)22-16(18)23-15/h4-7,9,19,24H,3,8H2,1-2H3,(H4,17,18,20,22,23)/q+1. The molecule has 0 aliphatic rings. The number of nitrogens with zero attached hydrogens (tertiary/aromatic N) is 4. The van der Waals surface area contributed by atoms with Crippen LogP contribution in [0, 0.1) is 0 Å². The number of benzene rings is 1. The lowest BCUT2D eigenvalue weighted by molar-refractivity contribution is 0.224. The van der Waals surface area contributed by atoms with Crippen molar-refractivity contribution in [2.75, 3.05) is 30.5 Å². The summed E-state index contributed by atoms with van der Waals surface area (Å²) in [7, 11) is -1.60. The maximum atomic E-state index is 10.4. The van der Waals surface area contributed by atoms with E-state index >= 15 is 0 Å². The summed E-state index contributed by atoms with van der Waals surface area (Å²) in [5.41, 5.74) is 13.6. The van der Waals surface area contributed by atoms with Crippen molar-refractivity contribution in [2.45, 2.75) is 13.5 Å². The molecule has 3 aromatic rings. The smallest absolute Gasteiger partial charge is 0.382 e. The lowest BCUT2D eigenvalue weighted by Gasteiger charge is -2.14. The summed E-state index contributed by atoms with van der Waals surface area (Å²) in [6.45, 7) is 2.58. The number of hydrogen-bond donors (Lipinski definition) is 4. The Bertz CT molecular complexity index is 941. The molecule has 0 spiro atoms. The molecule has 0 saturated heterocycles. The third-order valence-electron chi connectivity index (χ3n) is 3.72. The monoisotopic (exact) mass is 390 g/mol. The summed E-state index contributed by atoms with van der Waals surface area (Å²) in [4.78, 5) is 27.0. The molecule has 2 aromatic heterocycles. The fourth-order valence-electron chi connectivity index (χ4n) is 2.44. The van der Waals surface area contributed by atoms with Gasteiger partial charge in [0.1, 0.15) is 0 Å². The van der Waals surface area contributed by atoms with Crippen molar-refractivity contribution in [3.63, 3.8) is 0 Å². The second-order valence-corrected chi connectivity index (χ2v) is 7.70. The van der Waals surface area contributed by atoms with Crippen LogP contribution in [-0.4, -0.2) is 38.5 Å². The third kappa shape index (κ3) is 4.20. The van der Waals surface area contributed by atoms with Crippen LogP contribution in [0.1, 0.15) is 12.6 Å². The second-order valence-electron chi connectivity index (χ2n) is 5.52. The highest BCUT2D eigenvalue weighted by molar-refractivity contribution is 7.68. The first kappa shape index (κ1) is 19.1. The lowest BCUT2D eigenvalue weighted by Crippen LogP contribution is -2.15. The summed E-state index contributed by atoms with van der Waals surface area (Å²) in [5.74, 6) is 0.251. The number of rotatable bonds is 7. The Balaban J connectivity index is 1.72. The first-order valence-corrected chi connectivity index (χ1v) is 9.74. The van der Waals surface area contributed by atoms with Crippen molar-refractivity contribution < 1.29 is 13.9 Å². The van der Waals surface area contributed by atoms with Crippen molar-refractivity contribution in [1.82, 2.24) is 19.9 Å². The van der Waals surface area contributed by atoms with E-state index in [1.54, 1.807) is 25.3 Å².